The van der Waals surface area contributed by atoms with Gasteiger partial charge in [0.25, 0.3) is 17.3 Å². The largest absolute Gasteiger partial charge is 0.454 e. The van der Waals surface area contributed by atoms with E-state index < -0.39 is 27.1 Å². The number of ether oxygens (including phenoxy) is 2. The van der Waals surface area contributed by atoms with Crippen LogP contribution in [-0.2, 0) is 0 Å². The van der Waals surface area contributed by atoms with E-state index in [1.807, 2.05) is 0 Å². The molecule has 2 aromatic carbocycles. The van der Waals surface area contributed by atoms with E-state index in [4.69, 9.17) is 9.47 Å². The normalized spacial score (nSPS) is 11.9. The van der Waals surface area contributed by atoms with Crippen LogP contribution in [0.4, 0.5) is 17.1 Å². The maximum atomic E-state index is 12.5. The van der Waals surface area contributed by atoms with E-state index in [2.05, 4.69) is 5.32 Å². The van der Waals surface area contributed by atoms with Gasteiger partial charge in [-0.15, -0.1) is 0 Å². The molecule has 0 fully saturated rings. The topological polar surface area (TPSA) is 134 Å². The van der Waals surface area contributed by atoms with Gasteiger partial charge in [-0.25, -0.2) is 0 Å². The Kier molecular flexibility index (Phi) is 3.93. The number of nitro benzene ring substituents is 2. The summed E-state index contributed by atoms with van der Waals surface area (Å²) in [6, 6.07) is 6.52. The summed E-state index contributed by atoms with van der Waals surface area (Å²) in [6.45, 7) is 1.43. The zero-order valence-electron chi connectivity index (χ0n) is 12.8. The number of carbonyl (C=O) groups is 1. The molecule has 1 heterocycles. The van der Waals surface area contributed by atoms with Crippen molar-refractivity contribution in [2.45, 2.75) is 6.92 Å². The van der Waals surface area contributed by atoms with Crippen LogP contribution in [0.25, 0.3) is 0 Å². The fourth-order valence-electron chi connectivity index (χ4n) is 2.39. The van der Waals surface area contributed by atoms with E-state index in [1.54, 1.807) is 12.1 Å². The Labute approximate surface area is 140 Å². The standard InChI is InChI=1S/C15H11N3O7/c1-8-11(5-10(17(20)21)6-12(8)18(22)23)15(19)16-9-2-3-13-14(4-9)25-7-24-13/h2-6H,7H2,1H3,(H,16,19). The Morgan fingerprint density at radius 3 is 2.48 bits per heavy atom. The predicted molar refractivity (Wildman–Crippen MR) is 85.0 cm³/mol. The molecule has 0 radical (unpaired) electrons. The maximum absolute atomic E-state index is 12.5. The molecule has 128 valence electrons. The van der Waals surface area contributed by atoms with Crippen molar-refractivity contribution < 1.29 is 24.1 Å². The number of amides is 1. The highest BCUT2D eigenvalue weighted by molar-refractivity contribution is 6.06. The first kappa shape index (κ1) is 16.2. The van der Waals surface area contributed by atoms with Gasteiger partial charge in [0, 0.05) is 23.4 Å². The SMILES string of the molecule is Cc1c(C(=O)Nc2ccc3c(c2)OCO3)cc([N+](=O)[O-])cc1[N+](=O)[O-]. The van der Waals surface area contributed by atoms with E-state index in [9.17, 15) is 25.0 Å². The molecule has 3 rings (SSSR count). The monoisotopic (exact) mass is 345 g/mol. The molecule has 10 nitrogen and oxygen atoms in total. The third kappa shape index (κ3) is 3.04. The van der Waals surface area contributed by atoms with Gasteiger partial charge in [0.15, 0.2) is 11.5 Å². The number of rotatable bonds is 4. The summed E-state index contributed by atoms with van der Waals surface area (Å²) in [7, 11) is 0. The molecule has 10 heteroatoms. The van der Waals surface area contributed by atoms with Gasteiger partial charge in [-0.3, -0.25) is 25.0 Å². The van der Waals surface area contributed by atoms with Crippen LogP contribution in [0.1, 0.15) is 15.9 Å². The van der Waals surface area contributed by atoms with Crippen molar-refractivity contribution in [2.24, 2.45) is 0 Å². The molecule has 0 unspecified atom stereocenters. The average molecular weight is 345 g/mol. The van der Waals surface area contributed by atoms with Crippen LogP contribution in [0.15, 0.2) is 30.3 Å². The first-order chi connectivity index (χ1) is 11.9. The molecule has 0 atom stereocenters. The summed E-state index contributed by atoms with van der Waals surface area (Å²) in [5.74, 6) is 0.267. The number of hydrogen-bond acceptors (Lipinski definition) is 7. The first-order valence-electron chi connectivity index (χ1n) is 7.01. The third-order valence-corrected chi connectivity index (χ3v) is 3.65. The van der Waals surface area contributed by atoms with Crippen LogP contribution in [-0.4, -0.2) is 22.5 Å². The Morgan fingerprint density at radius 2 is 1.80 bits per heavy atom. The highest BCUT2D eigenvalue weighted by atomic mass is 16.7. The summed E-state index contributed by atoms with van der Waals surface area (Å²) < 4.78 is 10.4. The molecule has 25 heavy (non-hydrogen) atoms. The van der Waals surface area contributed by atoms with Crippen molar-refractivity contribution >= 4 is 23.0 Å². The Hall–Kier alpha value is -3.69. The van der Waals surface area contributed by atoms with Crippen molar-refractivity contribution in [3.05, 3.63) is 61.7 Å². The summed E-state index contributed by atoms with van der Waals surface area (Å²) >= 11 is 0. The van der Waals surface area contributed by atoms with Gasteiger partial charge in [0.05, 0.1) is 21.5 Å². The lowest BCUT2D eigenvalue weighted by atomic mass is 10.0. The number of benzene rings is 2. The van der Waals surface area contributed by atoms with Crippen LogP contribution >= 0.6 is 0 Å². The summed E-state index contributed by atoms with van der Waals surface area (Å²) in [6.07, 6.45) is 0. The highest BCUT2D eigenvalue weighted by Gasteiger charge is 2.25. The Balaban J connectivity index is 1.96. The second-order valence-electron chi connectivity index (χ2n) is 5.17. The van der Waals surface area contributed by atoms with Crippen molar-refractivity contribution in [3.63, 3.8) is 0 Å². The van der Waals surface area contributed by atoms with Crippen molar-refractivity contribution in [1.29, 1.82) is 0 Å². The van der Waals surface area contributed by atoms with Crippen molar-refractivity contribution in [2.75, 3.05) is 12.1 Å². The zero-order chi connectivity index (χ0) is 18.1. The minimum absolute atomic E-state index is 0.0360. The molecule has 0 saturated heterocycles. The fourth-order valence-corrected chi connectivity index (χ4v) is 2.39. The molecule has 0 bridgehead atoms. The number of hydrogen-bond donors (Lipinski definition) is 1. The molecule has 0 aliphatic carbocycles. The average Bonchev–Trinajstić information content (AvgIpc) is 3.02. The van der Waals surface area contributed by atoms with Gasteiger partial charge in [-0.2, -0.15) is 0 Å². The van der Waals surface area contributed by atoms with Crippen molar-refractivity contribution in [1.82, 2.24) is 0 Å². The maximum Gasteiger partial charge on any atom is 0.279 e. The summed E-state index contributed by atoms with van der Waals surface area (Å²) in [5, 5.41) is 24.6. The number of carbonyl (C=O) groups excluding carboxylic acids is 1. The fraction of sp³-hybridized carbons (Fsp3) is 0.133. The second-order valence-corrected chi connectivity index (χ2v) is 5.17. The first-order valence-corrected chi connectivity index (χ1v) is 7.01. The molecule has 1 N–H and O–H groups in total. The lowest BCUT2D eigenvalue weighted by molar-refractivity contribution is -0.394. The molecule has 1 aliphatic rings. The van der Waals surface area contributed by atoms with Gasteiger partial charge < -0.3 is 14.8 Å². The van der Waals surface area contributed by atoms with Gasteiger partial charge in [-0.05, 0) is 19.1 Å². The van der Waals surface area contributed by atoms with E-state index in [-0.39, 0.29) is 17.9 Å². The van der Waals surface area contributed by atoms with E-state index in [0.717, 1.165) is 12.1 Å². The number of nitro groups is 2. The lowest BCUT2D eigenvalue weighted by Gasteiger charge is -2.09. The molecule has 0 spiro atoms. The molecule has 2 aromatic rings. The van der Waals surface area contributed by atoms with Crippen LogP contribution < -0.4 is 14.8 Å². The minimum atomic E-state index is -0.788. The molecule has 1 aliphatic heterocycles. The van der Waals surface area contributed by atoms with Crippen LogP contribution in [0.2, 0.25) is 0 Å². The molecular weight excluding hydrogens is 334 g/mol. The number of fused-ring (bicyclic) bond motifs is 1. The summed E-state index contributed by atoms with van der Waals surface area (Å²) in [4.78, 5) is 33.0. The van der Waals surface area contributed by atoms with Crippen LogP contribution in [0.3, 0.4) is 0 Å². The number of anilines is 1. The molecule has 0 aromatic heterocycles. The van der Waals surface area contributed by atoms with Crippen LogP contribution in [0.5, 0.6) is 11.5 Å². The Morgan fingerprint density at radius 1 is 1.08 bits per heavy atom. The predicted octanol–water partition coefficient (Wildman–Crippen LogP) is 2.79. The van der Waals surface area contributed by atoms with Gasteiger partial charge in [0.1, 0.15) is 0 Å². The Bertz CT molecular complexity index is 910. The quantitative estimate of drug-likeness (QED) is 0.665. The second kappa shape index (κ2) is 6.07. The lowest BCUT2D eigenvalue weighted by Crippen LogP contribution is -2.14. The third-order valence-electron chi connectivity index (χ3n) is 3.65. The molecular formula is C15H11N3O7. The number of non-ortho nitro benzene ring substituents is 1. The highest BCUT2D eigenvalue weighted by Crippen LogP contribution is 2.35. The van der Waals surface area contributed by atoms with E-state index >= 15 is 0 Å². The van der Waals surface area contributed by atoms with E-state index in [0.29, 0.717) is 17.2 Å². The molecule has 1 amide bonds. The van der Waals surface area contributed by atoms with Gasteiger partial charge >= 0.3 is 0 Å². The van der Waals surface area contributed by atoms with Crippen LogP contribution in [0, 0.1) is 27.2 Å². The van der Waals surface area contributed by atoms with Gasteiger partial charge in [0.2, 0.25) is 6.79 Å². The zero-order valence-corrected chi connectivity index (χ0v) is 12.8. The smallest absolute Gasteiger partial charge is 0.279 e. The number of nitrogens with zero attached hydrogens (tertiary/aromatic N) is 2. The van der Waals surface area contributed by atoms with Crippen molar-refractivity contribution in [3.8, 4) is 11.5 Å². The van der Waals surface area contributed by atoms with E-state index in [1.165, 1.54) is 13.0 Å². The molecule has 0 saturated carbocycles. The summed E-state index contributed by atoms with van der Waals surface area (Å²) in [5.41, 5.74) is -0.784. The minimum Gasteiger partial charge on any atom is -0.454 e. The van der Waals surface area contributed by atoms with Gasteiger partial charge in [-0.1, -0.05) is 0 Å². The number of nitrogens with one attached hydrogen (secondary N) is 1.